The third kappa shape index (κ3) is 6.02. The van der Waals surface area contributed by atoms with E-state index in [0.29, 0.717) is 13.1 Å². The molecule has 0 aromatic heterocycles. The highest BCUT2D eigenvalue weighted by atomic mass is 16.2. The first-order valence-corrected chi connectivity index (χ1v) is 10.4. The Kier molecular flexibility index (Phi) is 8.97. The minimum atomic E-state index is -0.101. The Labute approximate surface area is 158 Å². The van der Waals surface area contributed by atoms with Gasteiger partial charge in [0.05, 0.1) is 18.5 Å². The van der Waals surface area contributed by atoms with E-state index in [9.17, 15) is 9.59 Å². The van der Waals surface area contributed by atoms with Gasteiger partial charge in [-0.05, 0) is 38.6 Å². The number of piperidine rings is 2. The van der Waals surface area contributed by atoms with Gasteiger partial charge in [0.1, 0.15) is 0 Å². The van der Waals surface area contributed by atoms with Crippen molar-refractivity contribution >= 4 is 11.8 Å². The van der Waals surface area contributed by atoms with Crippen molar-refractivity contribution in [1.82, 2.24) is 15.1 Å². The quantitative estimate of drug-likeness (QED) is 0.534. The van der Waals surface area contributed by atoms with Crippen LogP contribution in [-0.2, 0) is 9.59 Å². The van der Waals surface area contributed by atoms with E-state index in [1.165, 1.54) is 19.3 Å². The standard InChI is InChI=1S/C21H35N3O2/c1-3-5-6-8-13-22-20(25)18-11-10-16-24(17-18)21(26)19-12-7-9-15-23(19)14-4-2/h2,18-19H,3,5-17H2,1H3,(H,22,25). The summed E-state index contributed by atoms with van der Waals surface area (Å²) in [6.07, 6.45) is 14.9. The molecule has 5 nitrogen and oxygen atoms in total. The number of rotatable bonds is 8. The zero-order valence-corrected chi connectivity index (χ0v) is 16.3. The Bertz CT molecular complexity index is 500. The van der Waals surface area contributed by atoms with E-state index in [2.05, 4.69) is 23.1 Å². The molecule has 2 saturated heterocycles. The second-order valence-electron chi connectivity index (χ2n) is 7.66. The summed E-state index contributed by atoms with van der Waals surface area (Å²) in [5, 5.41) is 3.07. The maximum atomic E-state index is 13.0. The molecule has 0 aromatic carbocycles. The van der Waals surface area contributed by atoms with Crippen LogP contribution in [0.25, 0.3) is 0 Å². The lowest BCUT2D eigenvalue weighted by Crippen LogP contribution is -2.54. The average molecular weight is 362 g/mol. The summed E-state index contributed by atoms with van der Waals surface area (Å²) in [5.41, 5.74) is 0. The molecule has 0 bridgehead atoms. The molecule has 1 N–H and O–H groups in total. The van der Waals surface area contributed by atoms with Crippen LogP contribution < -0.4 is 5.32 Å². The van der Waals surface area contributed by atoms with Crippen LogP contribution in [0.3, 0.4) is 0 Å². The van der Waals surface area contributed by atoms with Gasteiger partial charge in [0.2, 0.25) is 11.8 Å². The van der Waals surface area contributed by atoms with E-state index in [1.807, 2.05) is 4.90 Å². The normalized spacial score (nSPS) is 24.1. The SMILES string of the molecule is C#CCN1CCCCC1C(=O)N1CCCC(C(=O)NCCCCCC)C1. The number of amides is 2. The van der Waals surface area contributed by atoms with Crippen molar-refractivity contribution in [1.29, 1.82) is 0 Å². The van der Waals surface area contributed by atoms with Gasteiger partial charge in [0.25, 0.3) is 0 Å². The maximum Gasteiger partial charge on any atom is 0.239 e. The lowest BCUT2D eigenvalue weighted by molar-refractivity contribution is -0.141. The number of hydrogen-bond acceptors (Lipinski definition) is 3. The zero-order valence-electron chi connectivity index (χ0n) is 16.3. The number of nitrogens with one attached hydrogen (secondary N) is 1. The van der Waals surface area contributed by atoms with Gasteiger partial charge in [-0.3, -0.25) is 14.5 Å². The molecule has 26 heavy (non-hydrogen) atoms. The van der Waals surface area contributed by atoms with Crippen LogP contribution >= 0.6 is 0 Å². The minimum absolute atomic E-state index is 0.0662. The van der Waals surface area contributed by atoms with Gasteiger partial charge in [-0.1, -0.05) is 38.5 Å². The number of likely N-dealkylation sites (tertiary alicyclic amines) is 2. The van der Waals surface area contributed by atoms with E-state index in [4.69, 9.17) is 6.42 Å². The van der Waals surface area contributed by atoms with Gasteiger partial charge in [0.15, 0.2) is 0 Å². The highest BCUT2D eigenvalue weighted by molar-refractivity contribution is 5.84. The molecule has 2 aliphatic rings. The number of nitrogens with zero attached hydrogens (tertiary/aromatic N) is 2. The summed E-state index contributed by atoms with van der Waals surface area (Å²) >= 11 is 0. The third-order valence-corrected chi connectivity index (χ3v) is 5.63. The molecule has 5 heteroatoms. The lowest BCUT2D eigenvalue weighted by atomic mass is 9.94. The first kappa shape index (κ1) is 20.8. The van der Waals surface area contributed by atoms with Crippen LogP contribution in [0, 0.1) is 18.3 Å². The molecule has 2 amide bonds. The molecule has 2 unspecified atom stereocenters. The predicted octanol–water partition coefficient (Wildman–Crippen LogP) is 2.41. The number of carbonyl (C=O) groups is 2. The minimum Gasteiger partial charge on any atom is -0.356 e. The summed E-state index contributed by atoms with van der Waals surface area (Å²) in [6, 6.07) is -0.101. The number of unbranched alkanes of at least 4 members (excludes halogenated alkanes) is 3. The highest BCUT2D eigenvalue weighted by Crippen LogP contribution is 2.23. The molecule has 0 saturated carbocycles. The molecule has 0 aromatic rings. The zero-order chi connectivity index (χ0) is 18.8. The molecule has 2 aliphatic heterocycles. The van der Waals surface area contributed by atoms with Crippen molar-refractivity contribution in [2.75, 3.05) is 32.7 Å². The van der Waals surface area contributed by atoms with Gasteiger partial charge in [0, 0.05) is 19.6 Å². The van der Waals surface area contributed by atoms with Gasteiger partial charge in [-0.15, -0.1) is 6.42 Å². The second kappa shape index (κ2) is 11.2. The molecule has 146 valence electrons. The van der Waals surface area contributed by atoms with Crippen molar-refractivity contribution in [3.05, 3.63) is 0 Å². The summed E-state index contributed by atoms with van der Waals surface area (Å²) in [4.78, 5) is 29.5. The smallest absolute Gasteiger partial charge is 0.239 e. The molecule has 2 heterocycles. The van der Waals surface area contributed by atoms with E-state index < -0.39 is 0 Å². The molecular weight excluding hydrogens is 326 g/mol. The summed E-state index contributed by atoms with van der Waals surface area (Å²) < 4.78 is 0. The molecule has 0 radical (unpaired) electrons. The Morgan fingerprint density at radius 3 is 2.73 bits per heavy atom. The van der Waals surface area contributed by atoms with Crippen molar-refractivity contribution in [2.45, 2.75) is 70.8 Å². The number of carbonyl (C=O) groups excluding carboxylic acids is 2. The van der Waals surface area contributed by atoms with Crippen LogP contribution in [0.4, 0.5) is 0 Å². The average Bonchev–Trinajstić information content (AvgIpc) is 2.68. The van der Waals surface area contributed by atoms with Gasteiger partial charge < -0.3 is 10.2 Å². The van der Waals surface area contributed by atoms with Crippen molar-refractivity contribution in [2.24, 2.45) is 5.92 Å². The largest absolute Gasteiger partial charge is 0.356 e. The van der Waals surface area contributed by atoms with E-state index in [1.54, 1.807) is 0 Å². The van der Waals surface area contributed by atoms with Crippen LogP contribution in [0.15, 0.2) is 0 Å². The lowest BCUT2D eigenvalue weighted by Gasteiger charge is -2.39. The predicted molar refractivity (Wildman–Crippen MR) is 105 cm³/mol. The number of terminal acetylenes is 1. The fraction of sp³-hybridized carbons (Fsp3) is 0.810. The summed E-state index contributed by atoms with van der Waals surface area (Å²) in [5.74, 6) is 2.90. The van der Waals surface area contributed by atoms with E-state index in [-0.39, 0.29) is 23.8 Å². The first-order valence-electron chi connectivity index (χ1n) is 10.4. The van der Waals surface area contributed by atoms with Gasteiger partial charge in [-0.25, -0.2) is 0 Å². The van der Waals surface area contributed by atoms with Crippen LogP contribution in [0.1, 0.15) is 64.7 Å². The highest BCUT2D eigenvalue weighted by Gasteiger charge is 2.35. The molecule has 2 rings (SSSR count). The summed E-state index contributed by atoms with van der Waals surface area (Å²) in [6.45, 7) is 5.69. The Hall–Kier alpha value is -1.54. The van der Waals surface area contributed by atoms with Crippen LogP contribution in [-0.4, -0.2) is 60.4 Å². The molecule has 2 atom stereocenters. The topological polar surface area (TPSA) is 52.7 Å². The Balaban J connectivity index is 1.83. The van der Waals surface area contributed by atoms with Crippen LogP contribution in [0.2, 0.25) is 0 Å². The van der Waals surface area contributed by atoms with Gasteiger partial charge in [-0.2, -0.15) is 0 Å². The fourth-order valence-corrected chi connectivity index (χ4v) is 4.09. The Morgan fingerprint density at radius 2 is 1.96 bits per heavy atom. The second-order valence-corrected chi connectivity index (χ2v) is 7.66. The monoisotopic (exact) mass is 361 g/mol. The van der Waals surface area contributed by atoms with E-state index >= 15 is 0 Å². The van der Waals surface area contributed by atoms with Crippen molar-refractivity contribution < 1.29 is 9.59 Å². The molecular formula is C21H35N3O2. The van der Waals surface area contributed by atoms with Crippen molar-refractivity contribution in [3.63, 3.8) is 0 Å². The fourth-order valence-electron chi connectivity index (χ4n) is 4.09. The van der Waals surface area contributed by atoms with E-state index in [0.717, 1.165) is 58.2 Å². The maximum absolute atomic E-state index is 13.0. The first-order chi connectivity index (χ1) is 12.7. The van der Waals surface area contributed by atoms with Gasteiger partial charge >= 0.3 is 0 Å². The third-order valence-electron chi connectivity index (χ3n) is 5.63. The van der Waals surface area contributed by atoms with Crippen LogP contribution in [0.5, 0.6) is 0 Å². The summed E-state index contributed by atoms with van der Waals surface area (Å²) in [7, 11) is 0. The molecule has 0 spiro atoms. The molecule has 0 aliphatic carbocycles. The molecule has 2 fully saturated rings. The number of hydrogen-bond donors (Lipinski definition) is 1. The van der Waals surface area contributed by atoms with Crippen molar-refractivity contribution in [3.8, 4) is 12.3 Å². The Morgan fingerprint density at radius 1 is 1.12 bits per heavy atom.